The van der Waals surface area contributed by atoms with Crippen molar-refractivity contribution < 1.29 is 14.6 Å². The van der Waals surface area contributed by atoms with Gasteiger partial charge in [-0.1, -0.05) is 48.6 Å². The molecule has 144 valence electrons. The summed E-state index contributed by atoms with van der Waals surface area (Å²) in [6.45, 7) is 1.77. The lowest BCUT2D eigenvalue weighted by Crippen LogP contribution is -1.97. The van der Waals surface area contributed by atoms with Crippen molar-refractivity contribution in [3.05, 3.63) is 78.3 Å². The van der Waals surface area contributed by atoms with E-state index in [9.17, 15) is 14.6 Å². The Morgan fingerprint density at radius 2 is 1.71 bits per heavy atom. The molecule has 0 aliphatic rings. The van der Waals surface area contributed by atoms with E-state index < -0.39 is 0 Å². The van der Waals surface area contributed by atoms with Gasteiger partial charge in [0.05, 0.1) is 18.0 Å². The van der Waals surface area contributed by atoms with Crippen molar-refractivity contribution in [2.45, 2.75) is 32.3 Å². The van der Waals surface area contributed by atoms with E-state index in [4.69, 9.17) is 0 Å². The van der Waals surface area contributed by atoms with Crippen LogP contribution in [0.5, 0.6) is 5.75 Å². The number of allylic oxidation sites excluding steroid dienone is 1. The predicted molar refractivity (Wildman–Crippen MR) is 111 cm³/mol. The zero-order valence-corrected chi connectivity index (χ0v) is 15.8. The molecule has 1 aromatic heterocycles. The molecule has 1 heterocycles. The second-order valence-corrected chi connectivity index (χ2v) is 6.90. The lowest BCUT2D eigenvalue weighted by molar-refractivity contribution is 0.182. The van der Waals surface area contributed by atoms with E-state index in [0.717, 1.165) is 41.6 Å². The summed E-state index contributed by atoms with van der Waals surface area (Å²) in [7, 11) is 0. The number of nitrogens with zero attached hydrogens (tertiary/aromatic N) is 1. The molecule has 28 heavy (non-hydrogen) atoms. The summed E-state index contributed by atoms with van der Waals surface area (Å²) in [5.41, 5.74) is 4.00. The van der Waals surface area contributed by atoms with Gasteiger partial charge in [0.1, 0.15) is 11.6 Å². The van der Waals surface area contributed by atoms with Crippen molar-refractivity contribution in [3.63, 3.8) is 0 Å². The summed E-state index contributed by atoms with van der Waals surface area (Å²) in [6, 6.07) is 16.3. The number of benzene rings is 2. The Hall–Kier alpha value is -2.98. The molecule has 3 rings (SSSR count). The topological polar surface area (TPSA) is 53.4 Å². The Bertz CT molecular complexity index is 932. The third-order valence-corrected chi connectivity index (χ3v) is 4.55. The first-order chi connectivity index (χ1) is 13.5. The van der Waals surface area contributed by atoms with Crippen LogP contribution >= 0.6 is 0 Å². The maximum atomic E-state index is 14.4. The molecule has 0 aliphatic heterocycles. The average Bonchev–Trinajstić information content (AvgIpc) is 2.69. The number of aliphatic hydroxyl groups excluding tert-OH is 1. The predicted octanol–water partition coefficient (Wildman–Crippen LogP) is 5.82. The molecular weight excluding hydrogens is 353 g/mol. The Morgan fingerprint density at radius 1 is 1.00 bits per heavy atom. The van der Waals surface area contributed by atoms with Gasteiger partial charge < -0.3 is 10.2 Å². The van der Waals surface area contributed by atoms with Crippen molar-refractivity contribution in [3.8, 4) is 28.1 Å². The molecule has 0 saturated heterocycles. The maximum absolute atomic E-state index is 14.4. The highest BCUT2D eigenvalue weighted by atomic mass is 19.1. The van der Waals surface area contributed by atoms with E-state index >= 15 is 0 Å². The summed E-state index contributed by atoms with van der Waals surface area (Å²) in [4.78, 5) is 4.20. The molecule has 2 aromatic carbocycles. The van der Waals surface area contributed by atoms with Crippen LogP contribution in [0.25, 0.3) is 28.5 Å². The van der Waals surface area contributed by atoms with E-state index in [1.54, 1.807) is 37.3 Å². The second kappa shape index (κ2) is 9.29. The molecule has 1 atom stereocenters. The van der Waals surface area contributed by atoms with E-state index in [1.807, 2.05) is 36.4 Å². The normalized spacial score (nSPS) is 12.4. The number of aromatic nitrogens is 1. The van der Waals surface area contributed by atoms with E-state index in [0.29, 0.717) is 5.56 Å². The minimum atomic E-state index is -0.291. The number of hydrogen-bond acceptors (Lipinski definition) is 3. The molecule has 2 N–H and O–H groups in total. The molecule has 3 nitrogen and oxygen atoms in total. The van der Waals surface area contributed by atoms with E-state index in [1.165, 1.54) is 6.20 Å². The van der Waals surface area contributed by atoms with Crippen molar-refractivity contribution >= 4 is 6.08 Å². The molecule has 0 aliphatic carbocycles. The van der Waals surface area contributed by atoms with Gasteiger partial charge in [0.25, 0.3) is 0 Å². The quantitative estimate of drug-likeness (QED) is 0.510. The Morgan fingerprint density at radius 3 is 2.36 bits per heavy atom. The lowest BCUT2D eigenvalue weighted by Gasteiger charge is -2.06. The first kappa shape index (κ1) is 19.8. The van der Waals surface area contributed by atoms with Gasteiger partial charge in [-0.2, -0.15) is 0 Å². The van der Waals surface area contributed by atoms with Gasteiger partial charge in [-0.05, 0) is 55.5 Å². The third-order valence-electron chi connectivity index (χ3n) is 4.55. The molecule has 0 fully saturated rings. The van der Waals surface area contributed by atoms with Crippen LogP contribution in [0.1, 0.15) is 31.7 Å². The number of rotatable bonds is 7. The number of halogens is 1. The van der Waals surface area contributed by atoms with Crippen LogP contribution in [-0.2, 0) is 0 Å². The molecule has 1 unspecified atom stereocenters. The summed E-state index contributed by atoms with van der Waals surface area (Å²) in [5, 5.41) is 18.6. The van der Waals surface area contributed by atoms with Crippen molar-refractivity contribution in [2.24, 2.45) is 0 Å². The fourth-order valence-electron chi connectivity index (χ4n) is 2.97. The highest BCUT2D eigenvalue weighted by Gasteiger charge is 2.05. The summed E-state index contributed by atoms with van der Waals surface area (Å²) < 4.78 is 14.4. The van der Waals surface area contributed by atoms with Crippen molar-refractivity contribution in [1.29, 1.82) is 0 Å². The standard InChI is InChI=1S/C24H24FNO2/c1-17(27)5-3-2-4-6-19-9-12-21(15-23(19)25)18-7-10-20(11-8-18)24-14-13-22(28)16-26-24/h4,6-17,27-28H,2-3,5H2,1H3/b6-4+. The monoisotopic (exact) mass is 377 g/mol. The van der Waals surface area contributed by atoms with Gasteiger partial charge >= 0.3 is 0 Å². The van der Waals surface area contributed by atoms with Crippen molar-refractivity contribution in [2.75, 3.05) is 0 Å². The molecule has 0 bridgehead atoms. The first-order valence-electron chi connectivity index (χ1n) is 9.43. The van der Waals surface area contributed by atoms with Gasteiger partial charge in [0, 0.05) is 11.1 Å². The highest BCUT2D eigenvalue weighted by Crippen LogP contribution is 2.26. The van der Waals surface area contributed by atoms with E-state index in [-0.39, 0.29) is 17.7 Å². The van der Waals surface area contributed by atoms with Crippen LogP contribution in [0.2, 0.25) is 0 Å². The number of aliphatic hydroxyl groups is 1. The Kier molecular flexibility index (Phi) is 6.56. The molecule has 3 aromatic rings. The fraction of sp³-hybridized carbons (Fsp3) is 0.208. The molecule has 4 heteroatoms. The van der Waals surface area contributed by atoms with Gasteiger partial charge in [-0.3, -0.25) is 4.98 Å². The van der Waals surface area contributed by atoms with Gasteiger partial charge in [0.15, 0.2) is 0 Å². The van der Waals surface area contributed by atoms with E-state index in [2.05, 4.69) is 4.98 Å². The summed E-state index contributed by atoms with van der Waals surface area (Å²) >= 11 is 0. The van der Waals surface area contributed by atoms with Crippen LogP contribution in [0, 0.1) is 5.82 Å². The minimum Gasteiger partial charge on any atom is -0.506 e. The second-order valence-electron chi connectivity index (χ2n) is 6.90. The zero-order valence-electron chi connectivity index (χ0n) is 15.8. The minimum absolute atomic E-state index is 0.132. The molecule has 0 spiro atoms. The smallest absolute Gasteiger partial charge is 0.133 e. The van der Waals surface area contributed by atoms with Crippen LogP contribution in [0.4, 0.5) is 4.39 Å². The third kappa shape index (κ3) is 5.27. The molecular formula is C24H24FNO2. The van der Waals surface area contributed by atoms with Crippen LogP contribution in [0.3, 0.4) is 0 Å². The summed E-state index contributed by atoms with van der Waals surface area (Å²) in [6.07, 6.45) is 7.31. The largest absolute Gasteiger partial charge is 0.506 e. The molecule has 0 radical (unpaired) electrons. The highest BCUT2D eigenvalue weighted by molar-refractivity contribution is 5.70. The SMILES string of the molecule is CC(O)CCC/C=C/c1ccc(-c2ccc(-c3ccc(O)cn3)cc2)cc1F. The fourth-order valence-corrected chi connectivity index (χ4v) is 2.97. The zero-order chi connectivity index (χ0) is 19.9. The van der Waals surface area contributed by atoms with Gasteiger partial charge in [-0.15, -0.1) is 0 Å². The number of unbranched alkanes of at least 4 members (excludes halogenated alkanes) is 1. The maximum Gasteiger partial charge on any atom is 0.133 e. The number of aromatic hydroxyl groups is 1. The molecule has 0 amide bonds. The van der Waals surface area contributed by atoms with Crippen molar-refractivity contribution in [1.82, 2.24) is 4.98 Å². The number of pyridine rings is 1. The molecule has 0 saturated carbocycles. The lowest BCUT2D eigenvalue weighted by atomic mass is 10.0. The Labute approximate surface area is 164 Å². The number of hydrogen-bond donors (Lipinski definition) is 2. The first-order valence-corrected chi connectivity index (χ1v) is 9.43. The average molecular weight is 377 g/mol. The van der Waals surface area contributed by atoms with Crippen LogP contribution < -0.4 is 0 Å². The van der Waals surface area contributed by atoms with Gasteiger partial charge in [-0.25, -0.2) is 4.39 Å². The van der Waals surface area contributed by atoms with Crippen LogP contribution in [0.15, 0.2) is 66.9 Å². The van der Waals surface area contributed by atoms with Gasteiger partial charge in [0.2, 0.25) is 0 Å². The summed E-state index contributed by atoms with van der Waals surface area (Å²) in [5.74, 6) is -0.124. The Balaban J connectivity index is 1.69. The van der Waals surface area contributed by atoms with Crippen LogP contribution in [-0.4, -0.2) is 21.3 Å².